The minimum Gasteiger partial charge on any atom is -0.530 e. The quantitative estimate of drug-likeness (QED) is 0.649. The minimum atomic E-state index is -1.13. The van der Waals surface area contributed by atoms with Crippen molar-refractivity contribution < 1.29 is 9.90 Å². The van der Waals surface area contributed by atoms with Crippen LogP contribution < -0.4 is 10.0 Å². The van der Waals surface area contributed by atoms with Gasteiger partial charge in [0.05, 0.1) is 16.6 Å². The molecule has 1 aromatic carbocycles. The molecule has 0 radical (unpaired) electrons. The fraction of sp³-hybridized carbons (Fsp3) is 0.391. The van der Waals surface area contributed by atoms with Gasteiger partial charge in [-0.25, -0.2) is 9.97 Å². The number of hydrogen-bond donors (Lipinski definition) is 0. The molecule has 160 valence electrons. The van der Waals surface area contributed by atoms with Crippen LogP contribution in [0.25, 0.3) is 16.9 Å². The Bertz CT molecular complexity index is 1150. The maximum absolute atomic E-state index is 11.8. The number of carboxylic acid groups (broad SMARTS) is 1. The van der Waals surface area contributed by atoms with Gasteiger partial charge >= 0.3 is 0 Å². The predicted octanol–water partition coefficient (Wildman–Crippen LogP) is 2.70. The maximum Gasteiger partial charge on any atom is 0.212 e. The van der Waals surface area contributed by atoms with Crippen LogP contribution in [0.15, 0.2) is 42.6 Å². The van der Waals surface area contributed by atoms with Crippen molar-refractivity contribution in [1.29, 1.82) is 5.26 Å². The molecule has 31 heavy (non-hydrogen) atoms. The largest absolute Gasteiger partial charge is 0.530 e. The number of hydrogen-bond acceptors (Lipinski definition) is 6. The smallest absolute Gasteiger partial charge is 0.212 e. The number of piperidine rings is 1. The molecule has 0 aliphatic carbocycles. The van der Waals surface area contributed by atoms with Gasteiger partial charge in [0.15, 0.2) is 5.82 Å². The van der Waals surface area contributed by atoms with Crippen LogP contribution in [0.1, 0.15) is 39.2 Å². The van der Waals surface area contributed by atoms with E-state index in [0.717, 1.165) is 11.0 Å². The van der Waals surface area contributed by atoms with E-state index in [2.05, 4.69) is 16.0 Å². The predicted molar refractivity (Wildman–Crippen MR) is 116 cm³/mol. The van der Waals surface area contributed by atoms with Gasteiger partial charge in [-0.3, -0.25) is 4.57 Å². The second-order valence-corrected chi connectivity index (χ2v) is 8.75. The third-order valence-electron chi connectivity index (χ3n) is 5.69. The van der Waals surface area contributed by atoms with E-state index in [9.17, 15) is 15.2 Å². The molecule has 4 rings (SSSR count). The number of benzene rings is 1. The van der Waals surface area contributed by atoms with E-state index in [1.165, 1.54) is 4.90 Å². The lowest BCUT2D eigenvalue weighted by Crippen LogP contribution is -2.59. The second kappa shape index (κ2) is 7.91. The Morgan fingerprint density at radius 1 is 1.19 bits per heavy atom. The molecule has 8 heteroatoms. The van der Waals surface area contributed by atoms with E-state index in [1.54, 1.807) is 18.3 Å². The highest BCUT2D eigenvalue weighted by Crippen LogP contribution is 2.31. The highest BCUT2D eigenvalue weighted by Gasteiger charge is 2.33. The Kier molecular flexibility index (Phi) is 5.27. The highest BCUT2D eigenvalue weighted by molar-refractivity contribution is 5.81. The number of nitrogens with zero attached hydrogens (tertiary/aromatic N) is 6. The van der Waals surface area contributed by atoms with E-state index in [-0.39, 0.29) is 6.04 Å². The molecule has 1 aliphatic rings. The van der Waals surface area contributed by atoms with E-state index in [1.807, 2.05) is 49.6 Å². The number of pyridine rings is 1. The molecular formula is C23H25N6O2-. The topological polar surface area (TPSA) is 101 Å². The van der Waals surface area contributed by atoms with Gasteiger partial charge in [-0.15, -0.1) is 0 Å². The van der Waals surface area contributed by atoms with Crippen molar-refractivity contribution in [2.75, 3.05) is 18.0 Å². The van der Waals surface area contributed by atoms with Crippen molar-refractivity contribution in [3.05, 3.63) is 48.2 Å². The van der Waals surface area contributed by atoms with Crippen LogP contribution in [-0.4, -0.2) is 50.2 Å². The zero-order valence-corrected chi connectivity index (χ0v) is 17.9. The summed E-state index contributed by atoms with van der Waals surface area (Å²) in [5.41, 5.74) is 1.65. The fourth-order valence-electron chi connectivity index (χ4n) is 4.39. The van der Waals surface area contributed by atoms with Crippen LogP contribution in [0, 0.1) is 11.3 Å². The molecular weight excluding hydrogens is 392 g/mol. The number of nitriles is 1. The molecule has 0 saturated carbocycles. The first kappa shape index (κ1) is 20.7. The van der Waals surface area contributed by atoms with Crippen LogP contribution in [0.4, 0.5) is 10.7 Å². The summed E-state index contributed by atoms with van der Waals surface area (Å²) in [6.45, 7) is 6.95. The summed E-state index contributed by atoms with van der Waals surface area (Å²) in [6.07, 6.45) is 1.87. The van der Waals surface area contributed by atoms with Gasteiger partial charge in [0, 0.05) is 30.9 Å². The van der Waals surface area contributed by atoms with Gasteiger partial charge in [0.1, 0.15) is 12.2 Å². The van der Waals surface area contributed by atoms with Gasteiger partial charge < -0.3 is 19.7 Å². The van der Waals surface area contributed by atoms with Crippen LogP contribution in [0.2, 0.25) is 0 Å². The van der Waals surface area contributed by atoms with Crippen molar-refractivity contribution in [1.82, 2.24) is 19.4 Å². The van der Waals surface area contributed by atoms with Gasteiger partial charge in [-0.05, 0) is 57.9 Å². The van der Waals surface area contributed by atoms with Crippen molar-refractivity contribution in [3.63, 3.8) is 0 Å². The molecule has 3 aromatic rings. The summed E-state index contributed by atoms with van der Waals surface area (Å²) < 4.78 is 1.93. The number of para-hydroxylation sites is 2. The van der Waals surface area contributed by atoms with E-state index in [0.29, 0.717) is 43.3 Å². The molecule has 1 aliphatic heterocycles. The molecule has 8 nitrogen and oxygen atoms in total. The Morgan fingerprint density at radius 3 is 2.55 bits per heavy atom. The van der Waals surface area contributed by atoms with E-state index in [4.69, 9.17) is 4.98 Å². The summed E-state index contributed by atoms with van der Waals surface area (Å²) in [5, 5.41) is 21.4. The second-order valence-electron chi connectivity index (χ2n) is 8.75. The summed E-state index contributed by atoms with van der Waals surface area (Å²) >= 11 is 0. The monoisotopic (exact) mass is 417 g/mol. The lowest BCUT2D eigenvalue weighted by molar-refractivity contribution is -0.274. The molecule has 1 fully saturated rings. The summed E-state index contributed by atoms with van der Waals surface area (Å²) in [4.78, 5) is 24.7. The van der Waals surface area contributed by atoms with Crippen LogP contribution in [0.3, 0.4) is 0 Å². The number of amides is 1. The number of aromatic nitrogens is 3. The molecule has 3 heterocycles. The van der Waals surface area contributed by atoms with Crippen molar-refractivity contribution in [2.24, 2.45) is 0 Å². The first-order valence-corrected chi connectivity index (χ1v) is 10.4. The zero-order valence-electron chi connectivity index (χ0n) is 17.9. The molecule has 1 saturated heterocycles. The molecule has 1 amide bonds. The van der Waals surface area contributed by atoms with Crippen molar-refractivity contribution in [2.45, 2.75) is 45.2 Å². The average molecular weight is 417 g/mol. The molecule has 0 N–H and O–H groups in total. The Labute approximate surface area is 181 Å². The Balaban J connectivity index is 1.71. The Hall–Kier alpha value is -3.60. The SMILES string of the molecule is CC(C)(C)N(C(=O)[O-])C1CCN(c2nc3ccccc3n2-c2ncccc2C#N)CC1. The van der Waals surface area contributed by atoms with Crippen LogP contribution >= 0.6 is 0 Å². The number of carbonyl (C=O) groups is 1. The van der Waals surface area contributed by atoms with Crippen molar-refractivity contribution in [3.8, 4) is 11.9 Å². The first-order valence-electron chi connectivity index (χ1n) is 10.4. The zero-order chi connectivity index (χ0) is 22.2. The number of rotatable bonds is 3. The lowest BCUT2D eigenvalue weighted by Gasteiger charge is -2.47. The molecule has 2 aromatic heterocycles. The summed E-state index contributed by atoms with van der Waals surface area (Å²) in [5.74, 6) is 1.26. The van der Waals surface area contributed by atoms with Crippen LogP contribution in [0.5, 0.6) is 0 Å². The Morgan fingerprint density at radius 2 is 1.90 bits per heavy atom. The minimum absolute atomic E-state index is 0.108. The molecule has 0 spiro atoms. The maximum atomic E-state index is 11.8. The summed E-state index contributed by atoms with van der Waals surface area (Å²) in [6, 6.07) is 13.4. The van der Waals surface area contributed by atoms with E-state index >= 15 is 0 Å². The highest BCUT2D eigenvalue weighted by atomic mass is 16.4. The fourth-order valence-corrected chi connectivity index (χ4v) is 4.39. The first-order chi connectivity index (χ1) is 14.8. The molecule has 0 bridgehead atoms. The van der Waals surface area contributed by atoms with Gasteiger partial charge in [-0.2, -0.15) is 5.26 Å². The summed E-state index contributed by atoms with van der Waals surface area (Å²) in [7, 11) is 0. The molecule has 0 atom stereocenters. The normalized spacial score (nSPS) is 15.1. The number of carbonyl (C=O) groups excluding carboxylic acids is 1. The number of imidazole rings is 1. The van der Waals surface area contributed by atoms with Gasteiger partial charge in [0.25, 0.3) is 0 Å². The van der Waals surface area contributed by atoms with Gasteiger partial charge in [-0.1, -0.05) is 12.1 Å². The van der Waals surface area contributed by atoms with Gasteiger partial charge in [0.2, 0.25) is 5.95 Å². The third-order valence-corrected chi connectivity index (χ3v) is 5.69. The number of anilines is 1. The lowest BCUT2D eigenvalue weighted by atomic mass is 9.97. The molecule has 0 unspecified atom stereocenters. The van der Waals surface area contributed by atoms with Crippen molar-refractivity contribution >= 4 is 23.1 Å². The van der Waals surface area contributed by atoms with E-state index < -0.39 is 11.6 Å². The average Bonchev–Trinajstić information content (AvgIpc) is 3.12. The standard InChI is InChI=1S/C23H26N6O2/c1-23(2,3)29(22(30)31)17-10-13-27(14-11-17)21-26-18-8-4-5-9-19(18)28(21)20-16(15-24)7-6-12-25-20/h4-9,12,17H,10-11,13-14H2,1-3H3,(H,30,31)/p-1. The number of fused-ring (bicyclic) bond motifs is 1. The third kappa shape index (κ3) is 3.79. The van der Waals surface area contributed by atoms with Crippen LogP contribution in [-0.2, 0) is 0 Å².